The third-order valence-electron chi connectivity index (χ3n) is 2.93. The smallest absolute Gasteiger partial charge is 0.387 e. The molecule has 1 aromatic heterocycles. The van der Waals surface area contributed by atoms with Gasteiger partial charge in [-0.05, 0) is 30.7 Å². The van der Waals surface area contributed by atoms with Crippen molar-refractivity contribution >= 4 is 0 Å². The van der Waals surface area contributed by atoms with Crippen LogP contribution < -0.4 is 10.1 Å². The molecular formula is C15H17F2N3O. The highest BCUT2D eigenvalue weighted by molar-refractivity contribution is 5.35. The Bertz CT molecular complexity index is 552. The largest absolute Gasteiger partial charge is 0.435 e. The fourth-order valence-corrected chi connectivity index (χ4v) is 2.05. The lowest BCUT2D eigenvalue weighted by Gasteiger charge is -2.19. The van der Waals surface area contributed by atoms with E-state index in [0.29, 0.717) is 0 Å². The van der Waals surface area contributed by atoms with Gasteiger partial charge in [-0.1, -0.05) is 19.1 Å². The average molecular weight is 293 g/mol. The molecule has 0 amide bonds. The molecule has 1 N–H and O–H groups in total. The maximum Gasteiger partial charge on any atom is 0.387 e. The predicted molar refractivity (Wildman–Crippen MR) is 75.2 cm³/mol. The number of hydrogen-bond donors (Lipinski definition) is 1. The van der Waals surface area contributed by atoms with Gasteiger partial charge in [0.1, 0.15) is 12.1 Å². The average Bonchev–Trinajstić information content (AvgIpc) is 2.48. The molecule has 2 rings (SSSR count). The van der Waals surface area contributed by atoms with E-state index in [4.69, 9.17) is 0 Å². The van der Waals surface area contributed by atoms with Gasteiger partial charge in [-0.3, -0.25) is 0 Å². The van der Waals surface area contributed by atoms with Gasteiger partial charge in [-0.2, -0.15) is 8.78 Å². The number of alkyl halides is 2. The topological polar surface area (TPSA) is 47.0 Å². The van der Waals surface area contributed by atoms with Gasteiger partial charge >= 0.3 is 6.61 Å². The first kappa shape index (κ1) is 15.3. The minimum Gasteiger partial charge on any atom is -0.435 e. The Labute approximate surface area is 122 Å². The van der Waals surface area contributed by atoms with E-state index in [9.17, 15) is 8.78 Å². The summed E-state index contributed by atoms with van der Waals surface area (Å²) in [6.07, 6.45) is 5.83. The zero-order valence-electron chi connectivity index (χ0n) is 11.7. The molecule has 112 valence electrons. The van der Waals surface area contributed by atoms with Gasteiger partial charge in [0.2, 0.25) is 0 Å². The van der Waals surface area contributed by atoms with Crippen LogP contribution in [0.3, 0.4) is 0 Å². The second-order valence-electron chi connectivity index (χ2n) is 4.51. The van der Waals surface area contributed by atoms with Gasteiger partial charge in [0, 0.05) is 18.0 Å². The number of halogens is 2. The van der Waals surface area contributed by atoms with E-state index in [1.807, 2.05) is 6.07 Å². The second kappa shape index (κ2) is 7.64. The fraction of sp³-hybridized carbons (Fsp3) is 0.333. The molecule has 0 saturated carbocycles. The molecule has 1 unspecified atom stereocenters. The van der Waals surface area contributed by atoms with E-state index in [1.165, 1.54) is 12.4 Å². The lowest BCUT2D eigenvalue weighted by atomic mass is 10.0. The number of ether oxygens (including phenoxy) is 1. The molecule has 1 heterocycles. The van der Waals surface area contributed by atoms with E-state index in [0.717, 1.165) is 24.1 Å². The van der Waals surface area contributed by atoms with Crippen molar-refractivity contribution in [2.75, 3.05) is 6.54 Å². The van der Waals surface area contributed by atoms with Crippen LogP contribution >= 0.6 is 0 Å². The summed E-state index contributed by atoms with van der Waals surface area (Å²) in [5.41, 5.74) is 1.71. The molecule has 0 fully saturated rings. The van der Waals surface area contributed by atoms with E-state index < -0.39 is 6.61 Å². The van der Waals surface area contributed by atoms with Crippen molar-refractivity contribution in [1.29, 1.82) is 0 Å². The molecule has 1 atom stereocenters. The Morgan fingerprint density at radius 2 is 1.95 bits per heavy atom. The molecule has 0 aliphatic heterocycles. The minimum atomic E-state index is -2.83. The maximum absolute atomic E-state index is 12.3. The summed E-state index contributed by atoms with van der Waals surface area (Å²) in [7, 11) is 0. The van der Waals surface area contributed by atoms with Crippen LogP contribution in [-0.2, 0) is 0 Å². The number of aromatic nitrogens is 2. The molecule has 0 radical (unpaired) electrons. The Morgan fingerprint density at radius 3 is 2.62 bits per heavy atom. The van der Waals surface area contributed by atoms with Crippen LogP contribution in [-0.4, -0.2) is 23.1 Å². The van der Waals surface area contributed by atoms with Crippen molar-refractivity contribution in [1.82, 2.24) is 15.3 Å². The van der Waals surface area contributed by atoms with Crippen molar-refractivity contribution < 1.29 is 13.5 Å². The Kier molecular flexibility index (Phi) is 5.57. The SMILES string of the molecule is CCCNC(c1cncnc1)c1cccc(OC(F)F)c1. The summed E-state index contributed by atoms with van der Waals surface area (Å²) in [6.45, 7) is 0.0174. The summed E-state index contributed by atoms with van der Waals surface area (Å²) in [4.78, 5) is 8.02. The number of nitrogens with zero attached hydrogens (tertiary/aromatic N) is 2. The first-order valence-corrected chi connectivity index (χ1v) is 6.73. The van der Waals surface area contributed by atoms with Crippen LogP contribution in [0.25, 0.3) is 0 Å². The molecule has 0 aliphatic rings. The third-order valence-corrected chi connectivity index (χ3v) is 2.93. The number of benzene rings is 1. The van der Waals surface area contributed by atoms with Crippen molar-refractivity contribution in [3.63, 3.8) is 0 Å². The molecule has 0 spiro atoms. The molecule has 0 bridgehead atoms. The monoisotopic (exact) mass is 293 g/mol. The number of nitrogens with one attached hydrogen (secondary N) is 1. The van der Waals surface area contributed by atoms with E-state index >= 15 is 0 Å². The Morgan fingerprint density at radius 1 is 1.19 bits per heavy atom. The summed E-state index contributed by atoms with van der Waals surface area (Å²) < 4.78 is 29.1. The molecule has 0 aliphatic carbocycles. The minimum absolute atomic E-state index is 0.141. The van der Waals surface area contributed by atoms with Gasteiger partial charge in [-0.25, -0.2) is 9.97 Å². The van der Waals surface area contributed by atoms with Gasteiger partial charge < -0.3 is 10.1 Å². The van der Waals surface area contributed by atoms with Crippen molar-refractivity contribution in [3.8, 4) is 5.75 Å². The lowest BCUT2D eigenvalue weighted by Crippen LogP contribution is -2.23. The standard InChI is InChI=1S/C15H17F2N3O/c1-2-6-20-14(12-8-18-10-19-9-12)11-4-3-5-13(7-11)21-15(16)17/h3-5,7-10,14-15,20H,2,6H2,1H3. The van der Waals surface area contributed by atoms with Gasteiger partial charge in [0.05, 0.1) is 6.04 Å². The van der Waals surface area contributed by atoms with Crippen LogP contribution in [0.2, 0.25) is 0 Å². The van der Waals surface area contributed by atoms with Gasteiger partial charge in [0.15, 0.2) is 0 Å². The molecule has 21 heavy (non-hydrogen) atoms. The van der Waals surface area contributed by atoms with Gasteiger partial charge in [-0.15, -0.1) is 0 Å². The Hall–Kier alpha value is -2.08. The molecule has 0 saturated heterocycles. The second-order valence-corrected chi connectivity index (χ2v) is 4.51. The highest BCUT2D eigenvalue weighted by Crippen LogP contribution is 2.25. The van der Waals surface area contributed by atoms with Crippen LogP contribution in [0.4, 0.5) is 8.78 Å². The van der Waals surface area contributed by atoms with Crippen molar-refractivity contribution in [2.24, 2.45) is 0 Å². The molecule has 1 aromatic carbocycles. The third kappa shape index (κ3) is 4.46. The van der Waals surface area contributed by atoms with Crippen LogP contribution in [0.5, 0.6) is 5.75 Å². The molecular weight excluding hydrogens is 276 g/mol. The lowest BCUT2D eigenvalue weighted by molar-refractivity contribution is -0.0498. The van der Waals surface area contributed by atoms with E-state index in [-0.39, 0.29) is 11.8 Å². The highest BCUT2D eigenvalue weighted by atomic mass is 19.3. The number of rotatable bonds is 7. The first-order chi connectivity index (χ1) is 10.2. The van der Waals surface area contributed by atoms with Crippen LogP contribution in [0.15, 0.2) is 43.0 Å². The molecule has 6 heteroatoms. The zero-order valence-corrected chi connectivity index (χ0v) is 11.7. The van der Waals surface area contributed by atoms with Gasteiger partial charge in [0.25, 0.3) is 0 Å². The quantitative estimate of drug-likeness (QED) is 0.852. The maximum atomic E-state index is 12.3. The van der Waals surface area contributed by atoms with Crippen molar-refractivity contribution in [2.45, 2.75) is 26.0 Å². The van der Waals surface area contributed by atoms with E-state index in [2.05, 4.69) is 26.9 Å². The highest BCUT2D eigenvalue weighted by Gasteiger charge is 2.15. The fourth-order valence-electron chi connectivity index (χ4n) is 2.05. The van der Waals surface area contributed by atoms with Crippen molar-refractivity contribution in [3.05, 3.63) is 54.1 Å². The first-order valence-electron chi connectivity index (χ1n) is 6.73. The number of hydrogen-bond acceptors (Lipinski definition) is 4. The van der Waals surface area contributed by atoms with E-state index in [1.54, 1.807) is 24.5 Å². The Balaban J connectivity index is 2.28. The summed E-state index contributed by atoms with van der Waals surface area (Å²) in [5, 5.41) is 3.36. The summed E-state index contributed by atoms with van der Waals surface area (Å²) in [5.74, 6) is 0.141. The normalized spacial score (nSPS) is 12.4. The molecule has 2 aromatic rings. The summed E-state index contributed by atoms with van der Waals surface area (Å²) >= 11 is 0. The predicted octanol–water partition coefficient (Wildman–Crippen LogP) is 3.17. The van der Waals surface area contributed by atoms with Crippen LogP contribution in [0, 0.1) is 0 Å². The zero-order chi connectivity index (χ0) is 15.1. The molecule has 4 nitrogen and oxygen atoms in total. The summed E-state index contributed by atoms with van der Waals surface area (Å²) in [6, 6.07) is 6.50. The van der Waals surface area contributed by atoms with Crippen LogP contribution in [0.1, 0.15) is 30.5 Å².